The van der Waals surface area contributed by atoms with Crippen LogP contribution >= 0.6 is 11.3 Å². The molecular weight excluding hydrogens is 264 g/mol. The van der Waals surface area contributed by atoms with Crippen LogP contribution in [0.1, 0.15) is 21.1 Å². The van der Waals surface area contributed by atoms with E-state index in [-0.39, 0.29) is 6.61 Å². The normalized spacial score (nSPS) is 10.2. The summed E-state index contributed by atoms with van der Waals surface area (Å²) >= 11 is 1.52. The summed E-state index contributed by atoms with van der Waals surface area (Å²) in [4.78, 5) is 16.1. The summed E-state index contributed by atoms with van der Waals surface area (Å²) < 4.78 is 10.2. The van der Waals surface area contributed by atoms with Gasteiger partial charge in [-0.3, -0.25) is 0 Å². The topological polar surface area (TPSA) is 74.4 Å². The zero-order chi connectivity index (χ0) is 13.8. The predicted octanol–water partition coefficient (Wildman–Crippen LogP) is 2.40. The standard InChI is InChI=1S/C13H14N2O3S/c1-8-15-10(7-19-8)6-18-13(16)9-3-4-11(14)12(5-9)17-2/h3-5,7H,6,14H2,1-2H3. The zero-order valence-corrected chi connectivity index (χ0v) is 11.5. The highest BCUT2D eigenvalue weighted by Gasteiger charge is 2.11. The molecule has 2 rings (SSSR count). The van der Waals surface area contributed by atoms with Gasteiger partial charge in [0.15, 0.2) is 0 Å². The molecule has 0 radical (unpaired) electrons. The Balaban J connectivity index is 2.03. The van der Waals surface area contributed by atoms with Crippen LogP contribution in [0, 0.1) is 6.92 Å². The molecule has 0 atom stereocenters. The lowest BCUT2D eigenvalue weighted by atomic mass is 10.2. The number of carbonyl (C=O) groups is 1. The van der Waals surface area contributed by atoms with Crippen molar-refractivity contribution in [2.45, 2.75) is 13.5 Å². The number of methoxy groups -OCH3 is 1. The smallest absolute Gasteiger partial charge is 0.338 e. The number of hydrogen-bond acceptors (Lipinski definition) is 6. The van der Waals surface area contributed by atoms with Gasteiger partial charge >= 0.3 is 5.97 Å². The van der Waals surface area contributed by atoms with E-state index in [0.717, 1.165) is 10.7 Å². The maximum absolute atomic E-state index is 11.9. The number of esters is 1. The number of nitrogens with zero attached hydrogens (tertiary/aromatic N) is 1. The summed E-state index contributed by atoms with van der Waals surface area (Å²) in [6.45, 7) is 2.07. The van der Waals surface area contributed by atoms with Crippen LogP contribution in [0.25, 0.3) is 0 Å². The van der Waals surface area contributed by atoms with E-state index in [0.29, 0.717) is 17.0 Å². The van der Waals surface area contributed by atoms with Crippen molar-refractivity contribution < 1.29 is 14.3 Å². The lowest BCUT2D eigenvalue weighted by Crippen LogP contribution is -2.06. The maximum atomic E-state index is 11.9. The molecule has 0 bridgehead atoms. The fourth-order valence-corrected chi connectivity index (χ4v) is 2.13. The summed E-state index contributed by atoms with van der Waals surface area (Å²) in [5, 5.41) is 2.81. The number of aryl methyl sites for hydroxylation is 1. The lowest BCUT2D eigenvalue weighted by Gasteiger charge is -2.07. The zero-order valence-electron chi connectivity index (χ0n) is 10.7. The van der Waals surface area contributed by atoms with Gasteiger partial charge in [-0.25, -0.2) is 9.78 Å². The molecule has 0 saturated heterocycles. The number of rotatable bonds is 4. The number of nitrogens with two attached hydrogens (primary N) is 1. The van der Waals surface area contributed by atoms with E-state index in [2.05, 4.69) is 4.98 Å². The Morgan fingerprint density at radius 2 is 2.26 bits per heavy atom. The minimum absolute atomic E-state index is 0.163. The Hall–Kier alpha value is -2.08. The van der Waals surface area contributed by atoms with Gasteiger partial charge < -0.3 is 15.2 Å². The Labute approximate surface area is 115 Å². The van der Waals surface area contributed by atoms with Crippen molar-refractivity contribution in [2.75, 3.05) is 12.8 Å². The van der Waals surface area contributed by atoms with Crippen LogP contribution in [0.3, 0.4) is 0 Å². The van der Waals surface area contributed by atoms with Crippen LogP contribution in [0.15, 0.2) is 23.6 Å². The molecule has 0 aliphatic rings. The van der Waals surface area contributed by atoms with Gasteiger partial charge in [-0.05, 0) is 25.1 Å². The van der Waals surface area contributed by atoms with E-state index in [1.807, 2.05) is 12.3 Å². The van der Waals surface area contributed by atoms with Gasteiger partial charge in [-0.15, -0.1) is 11.3 Å². The van der Waals surface area contributed by atoms with Crippen LogP contribution in [-0.2, 0) is 11.3 Å². The van der Waals surface area contributed by atoms with Crippen molar-refractivity contribution in [3.8, 4) is 5.75 Å². The summed E-state index contributed by atoms with van der Waals surface area (Å²) in [6.07, 6.45) is 0. The second-order valence-electron chi connectivity index (χ2n) is 3.89. The molecule has 1 aromatic carbocycles. The number of nitrogen functional groups attached to an aromatic ring is 1. The largest absolute Gasteiger partial charge is 0.495 e. The molecule has 0 amide bonds. The van der Waals surface area contributed by atoms with Crippen molar-refractivity contribution in [3.05, 3.63) is 39.8 Å². The van der Waals surface area contributed by atoms with E-state index >= 15 is 0 Å². The van der Waals surface area contributed by atoms with E-state index < -0.39 is 5.97 Å². The first-order valence-corrected chi connectivity index (χ1v) is 6.49. The molecule has 0 aliphatic heterocycles. The third kappa shape index (κ3) is 3.23. The van der Waals surface area contributed by atoms with Crippen LogP contribution in [-0.4, -0.2) is 18.1 Å². The molecule has 19 heavy (non-hydrogen) atoms. The molecule has 5 nitrogen and oxygen atoms in total. The van der Waals surface area contributed by atoms with Crippen LogP contribution in [0.2, 0.25) is 0 Å². The maximum Gasteiger partial charge on any atom is 0.338 e. The highest BCUT2D eigenvalue weighted by Crippen LogP contribution is 2.22. The van der Waals surface area contributed by atoms with Crippen molar-refractivity contribution in [3.63, 3.8) is 0 Å². The molecule has 0 spiro atoms. The van der Waals surface area contributed by atoms with Crippen LogP contribution in [0.4, 0.5) is 5.69 Å². The second-order valence-corrected chi connectivity index (χ2v) is 4.95. The Morgan fingerprint density at radius 3 is 2.89 bits per heavy atom. The summed E-state index contributed by atoms with van der Waals surface area (Å²) in [5.41, 5.74) is 7.31. The summed E-state index contributed by atoms with van der Waals surface area (Å²) in [5.74, 6) is 0.0305. The Bertz CT molecular complexity index is 595. The van der Waals surface area contributed by atoms with Crippen molar-refractivity contribution in [1.29, 1.82) is 0 Å². The molecular formula is C13H14N2O3S. The summed E-state index contributed by atoms with van der Waals surface area (Å²) in [7, 11) is 1.50. The SMILES string of the molecule is COc1cc(C(=O)OCc2csc(C)n2)ccc1N. The second kappa shape index (κ2) is 5.71. The number of thiazole rings is 1. The average Bonchev–Trinajstić information content (AvgIpc) is 2.82. The van der Waals surface area contributed by atoms with Crippen LogP contribution < -0.4 is 10.5 Å². The quantitative estimate of drug-likeness (QED) is 0.686. The average molecular weight is 278 g/mol. The number of carbonyl (C=O) groups excluding carboxylic acids is 1. The molecule has 0 aliphatic carbocycles. The molecule has 2 N–H and O–H groups in total. The van der Waals surface area contributed by atoms with Crippen molar-refractivity contribution in [1.82, 2.24) is 4.98 Å². The van der Waals surface area contributed by atoms with E-state index in [1.165, 1.54) is 18.4 Å². The molecule has 100 valence electrons. The minimum Gasteiger partial charge on any atom is -0.495 e. The number of aromatic nitrogens is 1. The monoisotopic (exact) mass is 278 g/mol. The van der Waals surface area contributed by atoms with Gasteiger partial charge in [0.1, 0.15) is 12.4 Å². The van der Waals surface area contributed by atoms with Gasteiger partial charge in [0.25, 0.3) is 0 Å². The number of ether oxygens (including phenoxy) is 2. The first kappa shape index (κ1) is 13.4. The van der Waals surface area contributed by atoms with Gasteiger partial charge in [0.05, 0.1) is 29.1 Å². The number of anilines is 1. The molecule has 1 aromatic heterocycles. The number of benzene rings is 1. The van der Waals surface area contributed by atoms with Gasteiger partial charge in [0, 0.05) is 5.38 Å². The van der Waals surface area contributed by atoms with Gasteiger partial charge in [-0.1, -0.05) is 0 Å². The highest BCUT2D eigenvalue weighted by molar-refractivity contribution is 7.09. The van der Waals surface area contributed by atoms with Crippen LogP contribution in [0.5, 0.6) is 5.75 Å². The number of hydrogen-bond donors (Lipinski definition) is 1. The van der Waals surface area contributed by atoms with Gasteiger partial charge in [-0.2, -0.15) is 0 Å². The van der Waals surface area contributed by atoms with Gasteiger partial charge in [0.2, 0.25) is 0 Å². The molecule has 0 saturated carbocycles. The molecule has 0 fully saturated rings. The Morgan fingerprint density at radius 1 is 1.47 bits per heavy atom. The molecule has 2 aromatic rings. The molecule has 1 heterocycles. The minimum atomic E-state index is -0.427. The summed E-state index contributed by atoms with van der Waals surface area (Å²) in [6, 6.07) is 4.78. The first-order valence-electron chi connectivity index (χ1n) is 5.62. The van der Waals surface area contributed by atoms with E-state index in [4.69, 9.17) is 15.2 Å². The fourth-order valence-electron chi connectivity index (χ4n) is 1.54. The predicted molar refractivity (Wildman–Crippen MR) is 73.4 cm³/mol. The molecule has 0 unspecified atom stereocenters. The van der Waals surface area contributed by atoms with Crippen molar-refractivity contribution >= 4 is 23.0 Å². The molecule has 6 heteroatoms. The first-order chi connectivity index (χ1) is 9.10. The highest BCUT2D eigenvalue weighted by atomic mass is 32.1. The van der Waals surface area contributed by atoms with E-state index in [1.54, 1.807) is 18.2 Å². The Kier molecular flexibility index (Phi) is 4.01. The fraction of sp³-hybridized carbons (Fsp3) is 0.231. The third-order valence-corrected chi connectivity index (χ3v) is 3.31. The van der Waals surface area contributed by atoms with Crippen molar-refractivity contribution in [2.24, 2.45) is 0 Å². The lowest BCUT2D eigenvalue weighted by molar-refractivity contribution is 0.0468. The third-order valence-electron chi connectivity index (χ3n) is 2.49. The van der Waals surface area contributed by atoms with E-state index in [9.17, 15) is 4.79 Å².